The molecule has 2 aliphatic rings. The molecule has 0 amide bonds. The second-order valence-electron chi connectivity index (χ2n) is 8.17. The van der Waals surface area contributed by atoms with Crippen LogP contribution < -0.4 is 10.6 Å². The molecule has 2 N–H and O–H groups in total. The number of morpholine rings is 1. The van der Waals surface area contributed by atoms with Crippen LogP contribution in [0.4, 0.5) is 0 Å². The largest absolute Gasteiger partial charge is 0.379 e. The van der Waals surface area contributed by atoms with Crippen molar-refractivity contribution < 1.29 is 13.2 Å². The Morgan fingerprint density at radius 2 is 1.76 bits per heavy atom. The molecule has 2 aliphatic heterocycles. The van der Waals surface area contributed by atoms with Gasteiger partial charge in [0.1, 0.15) is 0 Å². The van der Waals surface area contributed by atoms with Crippen molar-refractivity contribution in [3.63, 3.8) is 0 Å². The van der Waals surface area contributed by atoms with E-state index in [1.807, 2.05) is 0 Å². The third kappa shape index (κ3) is 9.24. The third-order valence-electron chi connectivity index (χ3n) is 5.67. The number of nitrogens with zero attached hydrogens (tertiary/aromatic N) is 3. The van der Waals surface area contributed by atoms with Gasteiger partial charge in [0.15, 0.2) is 5.96 Å². The van der Waals surface area contributed by atoms with E-state index in [-0.39, 0.29) is 24.0 Å². The number of rotatable bonds is 8. The van der Waals surface area contributed by atoms with E-state index in [9.17, 15) is 8.42 Å². The smallest absolute Gasteiger partial charge is 0.211 e. The van der Waals surface area contributed by atoms with Crippen LogP contribution in [0.2, 0.25) is 0 Å². The van der Waals surface area contributed by atoms with Gasteiger partial charge in [0.25, 0.3) is 0 Å². The number of sulfonamides is 1. The highest BCUT2D eigenvalue weighted by atomic mass is 127. The Morgan fingerprint density at radius 1 is 1.14 bits per heavy atom. The van der Waals surface area contributed by atoms with Crippen LogP contribution in [0.15, 0.2) is 4.99 Å². The Labute approximate surface area is 194 Å². The van der Waals surface area contributed by atoms with Gasteiger partial charge < -0.3 is 15.4 Å². The van der Waals surface area contributed by atoms with Gasteiger partial charge in [-0.3, -0.25) is 9.89 Å². The van der Waals surface area contributed by atoms with Gasteiger partial charge in [-0.2, -0.15) is 0 Å². The summed E-state index contributed by atoms with van der Waals surface area (Å²) in [5, 5.41) is 6.81. The molecule has 1 atom stereocenters. The van der Waals surface area contributed by atoms with E-state index in [0.717, 1.165) is 64.7 Å². The van der Waals surface area contributed by atoms with Crippen LogP contribution in [0.5, 0.6) is 0 Å². The maximum absolute atomic E-state index is 11.6. The Kier molecular flexibility index (Phi) is 12.3. The van der Waals surface area contributed by atoms with Gasteiger partial charge >= 0.3 is 0 Å². The minimum absolute atomic E-state index is 0. The van der Waals surface area contributed by atoms with E-state index in [1.54, 1.807) is 4.31 Å². The lowest BCUT2D eigenvalue weighted by atomic mass is 9.98. The van der Waals surface area contributed by atoms with Gasteiger partial charge in [0.05, 0.1) is 26.0 Å². The normalized spacial score (nSPS) is 21.6. The predicted molar refractivity (Wildman–Crippen MR) is 130 cm³/mol. The minimum atomic E-state index is -3.06. The predicted octanol–water partition coefficient (Wildman–Crippen LogP) is 1.19. The lowest BCUT2D eigenvalue weighted by Crippen LogP contribution is -2.48. The van der Waals surface area contributed by atoms with Gasteiger partial charge in [-0.1, -0.05) is 13.8 Å². The summed E-state index contributed by atoms with van der Waals surface area (Å²) in [5.74, 6) is 1.86. The zero-order valence-corrected chi connectivity index (χ0v) is 21.5. The first-order chi connectivity index (χ1) is 13.3. The zero-order chi connectivity index (χ0) is 20.6. The van der Waals surface area contributed by atoms with Crippen molar-refractivity contribution in [2.75, 3.05) is 65.3 Å². The molecule has 8 nitrogen and oxygen atoms in total. The zero-order valence-electron chi connectivity index (χ0n) is 18.4. The van der Waals surface area contributed by atoms with Gasteiger partial charge in [0, 0.05) is 45.3 Å². The summed E-state index contributed by atoms with van der Waals surface area (Å²) in [6.07, 6.45) is 3.07. The molecule has 0 aromatic carbocycles. The van der Waals surface area contributed by atoms with Crippen LogP contribution >= 0.6 is 24.0 Å². The average molecular weight is 546 g/mol. The molecule has 172 valence electrons. The van der Waals surface area contributed by atoms with Crippen molar-refractivity contribution in [2.24, 2.45) is 16.8 Å². The number of nitrogens with one attached hydrogen (secondary N) is 2. The van der Waals surface area contributed by atoms with Crippen LogP contribution in [0.3, 0.4) is 0 Å². The Morgan fingerprint density at radius 3 is 2.28 bits per heavy atom. The molecule has 0 aromatic heterocycles. The van der Waals surface area contributed by atoms with E-state index in [0.29, 0.717) is 31.0 Å². The molecule has 1 unspecified atom stereocenters. The highest BCUT2D eigenvalue weighted by Crippen LogP contribution is 2.18. The molecular formula is C19H40IN5O3S. The van der Waals surface area contributed by atoms with Crippen LogP contribution in [-0.2, 0) is 14.8 Å². The first kappa shape index (κ1) is 26.9. The molecule has 0 spiro atoms. The van der Waals surface area contributed by atoms with Crippen LogP contribution in [0.25, 0.3) is 0 Å². The van der Waals surface area contributed by atoms with Crippen molar-refractivity contribution in [3.8, 4) is 0 Å². The number of hydrogen-bond donors (Lipinski definition) is 2. The van der Waals surface area contributed by atoms with Crippen LogP contribution in [0.1, 0.15) is 33.6 Å². The fraction of sp³-hybridized carbons (Fsp3) is 0.947. The Hall–Kier alpha value is -0.170. The molecule has 2 rings (SSSR count). The lowest BCUT2D eigenvalue weighted by molar-refractivity contribution is 0.00867. The van der Waals surface area contributed by atoms with Gasteiger partial charge in [-0.25, -0.2) is 12.7 Å². The fourth-order valence-electron chi connectivity index (χ4n) is 3.87. The Balaban J connectivity index is 0.00000420. The molecule has 2 fully saturated rings. The summed E-state index contributed by atoms with van der Waals surface area (Å²) in [4.78, 5) is 7.34. The van der Waals surface area contributed by atoms with E-state index >= 15 is 0 Å². The molecule has 2 heterocycles. The third-order valence-corrected chi connectivity index (χ3v) is 6.97. The van der Waals surface area contributed by atoms with Crippen molar-refractivity contribution in [1.82, 2.24) is 19.8 Å². The van der Waals surface area contributed by atoms with E-state index in [2.05, 4.69) is 36.3 Å². The summed E-state index contributed by atoms with van der Waals surface area (Å²) < 4.78 is 30.4. The van der Waals surface area contributed by atoms with Crippen LogP contribution in [-0.4, -0.2) is 94.9 Å². The first-order valence-corrected chi connectivity index (χ1v) is 12.4. The minimum Gasteiger partial charge on any atom is -0.379 e. The highest BCUT2D eigenvalue weighted by Gasteiger charge is 2.26. The van der Waals surface area contributed by atoms with Gasteiger partial charge in [0.2, 0.25) is 10.0 Å². The first-order valence-electron chi connectivity index (χ1n) is 10.6. The topological polar surface area (TPSA) is 86.3 Å². The monoisotopic (exact) mass is 545 g/mol. The van der Waals surface area contributed by atoms with Gasteiger partial charge in [-0.05, 0) is 31.6 Å². The second kappa shape index (κ2) is 13.3. The maximum atomic E-state index is 11.6. The van der Waals surface area contributed by atoms with Crippen molar-refractivity contribution in [1.29, 1.82) is 0 Å². The number of ether oxygens (including phenoxy) is 1. The van der Waals surface area contributed by atoms with Crippen molar-refractivity contribution in [2.45, 2.75) is 39.7 Å². The highest BCUT2D eigenvalue weighted by molar-refractivity contribution is 14.0. The fourth-order valence-corrected chi connectivity index (χ4v) is 4.74. The molecule has 0 radical (unpaired) electrons. The summed E-state index contributed by atoms with van der Waals surface area (Å²) in [5.41, 5.74) is 0. The quantitative estimate of drug-likeness (QED) is 0.271. The summed E-state index contributed by atoms with van der Waals surface area (Å²) >= 11 is 0. The maximum Gasteiger partial charge on any atom is 0.211 e. The number of hydrogen-bond acceptors (Lipinski definition) is 5. The summed E-state index contributed by atoms with van der Waals surface area (Å²) in [6, 6.07) is 0.414. The molecule has 0 aromatic rings. The lowest BCUT2D eigenvalue weighted by Gasteiger charge is -2.36. The van der Waals surface area contributed by atoms with Gasteiger partial charge in [-0.15, -0.1) is 24.0 Å². The van der Waals surface area contributed by atoms with Crippen molar-refractivity contribution >= 4 is 40.0 Å². The van der Waals surface area contributed by atoms with E-state index in [4.69, 9.17) is 9.73 Å². The summed E-state index contributed by atoms with van der Waals surface area (Å²) in [6.45, 7) is 13.8. The molecule has 0 aliphatic carbocycles. The molecule has 0 bridgehead atoms. The molecule has 2 saturated heterocycles. The average Bonchev–Trinajstić information content (AvgIpc) is 2.66. The summed E-state index contributed by atoms with van der Waals surface area (Å²) in [7, 11) is -3.06. The molecule has 29 heavy (non-hydrogen) atoms. The number of guanidine groups is 1. The standard InChI is InChI=1S/C19H39N5O3S.HI/c1-5-20-19(21-14-17-6-8-24(9-7-17)28(4,25)26)22-15-18(16(2)3)23-10-12-27-13-11-23;/h16-18H,5-15H2,1-4H3,(H2,20,21,22);1H. The number of piperidine rings is 1. The molecular weight excluding hydrogens is 505 g/mol. The molecule has 0 saturated carbocycles. The second-order valence-corrected chi connectivity index (χ2v) is 10.1. The Bertz CT molecular complexity index is 589. The number of aliphatic imine (C=N–C) groups is 1. The van der Waals surface area contributed by atoms with Crippen LogP contribution in [0, 0.1) is 11.8 Å². The van der Waals surface area contributed by atoms with E-state index in [1.165, 1.54) is 6.26 Å². The molecule has 10 heteroatoms. The number of halogens is 1. The van der Waals surface area contributed by atoms with E-state index < -0.39 is 10.0 Å². The SMILES string of the molecule is CCNC(=NCC(C(C)C)N1CCOCC1)NCC1CCN(S(C)(=O)=O)CC1.I. The van der Waals surface area contributed by atoms with Crippen molar-refractivity contribution in [3.05, 3.63) is 0 Å².